The van der Waals surface area contributed by atoms with Gasteiger partial charge in [0.1, 0.15) is 63.2 Å². The van der Waals surface area contributed by atoms with Gasteiger partial charge in [0.15, 0.2) is 31.0 Å². The lowest BCUT2D eigenvalue weighted by atomic mass is 9.83. The lowest BCUT2D eigenvalue weighted by Crippen LogP contribution is -2.31. The van der Waals surface area contributed by atoms with Gasteiger partial charge in [0.2, 0.25) is 27.9 Å². The predicted octanol–water partition coefficient (Wildman–Crippen LogP) is 30.4. The first-order valence-electron chi connectivity index (χ1n) is 52.2. The minimum atomic E-state index is -2.34. The third-order valence-electron chi connectivity index (χ3n) is 27.6. The summed E-state index contributed by atoms with van der Waals surface area (Å²) >= 11 is 0. The summed E-state index contributed by atoms with van der Waals surface area (Å²) in [6.45, 7) is 1.25. The van der Waals surface area contributed by atoms with Gasteiger partial charge in [-0.05, 0) is 215 Å². The van der Waals surface area contributed by atoms with E-state index in [0.29, 0.717) is 44.3 Å². The van der Waals surface area contributed by atoms with Gasteiger partial charge in [0.25, 0.3) is 28.5 Å². The molecular formula is C124H107N6O5+5. The van der Waals surface area contributed by atoms with E-state index in [4.69, 9.17) is 38.5 Å². The molecule has 0 aliphatic heterocycles. The molecule has 0 spiro atoms. The zero-order valence-electron chi connectivity index (χ0n) is 89.0. The van der Waals surface area contributed by atoms with Gasteiger partial charge in [-0.15, -0.1) is 0 Å². The molecule has 658 valence electrons. The quantitative estimate of drug-likeness (QED) is 0.154. The number of aromatic nitrogens is 6. The Labute approximate surface area is 801 Å². The smallest absolute Gasteiger partial charge is 0.256 e. The molecule has 1 fully saturated rings. The number of furan rings is 5. The summed E-state index contributed by atoms with van der Waals surface area (Å²) in [5, 5.41) is 19.3. The third kappa shape index (κ3) is 14.8. The molecule has 0 saturated heterocycles. The van der Waals surface area contributed by atoms with E-state index >= 15 is 0 Å². The van der Waals surface area contributed by atoms with Gasteiger partial charge in [-0.3, -0.25) is 4.98 Å². The minimum Gasteiger partial charge on any atom is -0.448 e. The van der Waals surface area contributed by atoms with Crippen molar-refractivity contribution >= 4 is 164 Å². The Morgan fingerprint density at radius 2 is 0.600 bits per heavy atom. The molecule has 14 aromatic carbocycles. The van der Waals surface area contributed by atoms with Crippen molar-refractivity contribution in [2.45, 2.75) is 100 Å². The molecule has 0 N–H and O–H groups in total. The summed E-state index contributed by atoms with van der Waals surface area (Å²) in [6, 6.07) is 97.7. The molecule has 0 amide bonds. The molecule has 1 aliphatic carbocycles. The van der Waals surface area contributed by atoms with Crippen molar-refractivity contribution < 1.29 is 61.4 Å². The van der Waals surface area contributed by atoms with Crippen molar-refractivity contribution in [2.75, 3.05) is 0 Å². The Balaban J connectivity index is 0.000000105. The zero-order valence-corrected chi connectivity index (χ0v) is 77.0. The number of rotatable bonds is 6. The lowest BCUT2D eigenvalue weighted by molar-refractivity contribution is -0.659. The molecule has 26 rings (SSSR count). The Kier molecular flexibility index (Phi) is 18.4. The molecule has 1 aliphatic rings. The maximum atomic E-state index is 8.16. The van der Waals surface area contributed by atoms with E-state index in [2.05, 4.69) is 207 Å². The standard InChI is InChI=1S/C29H28NO.C25H22NO.2C24H20NO.C22H17N2O/c1-19-8-6-7-11-23(19)27-29-26(16-17-30(27)2)25-15-13-22-18-21(20-9-4-3-5-10-20)12-14-24(22)28(25)31-29;1-15-9-11-19(16(2)13-15)23-25-22(17(3)14-26(23)4)21-12-10-18-7-5-6-8-20(18)24(21)27-25;1-15-8-4-6-10-18(15)22-24-21(16(2)14-25(22)3)20-13-12-17-9-5-7-11-19(17)23(20)26-24;1-15-8-10-18(16(2)14-15)22-24-21(12-13-25(22)3)20-11-9-17-6-4-5-7-19(17)23(20)26-24;1-14-6-3-4-7-15(14)20-22-17(11-13-24(20)2)16-9-10-19-18(21(16)25-22)8-5-12-23-19/h6-8,11-18,20H,3-5,9-10H2,1-2H3;5-14H,1-4H3;2*4-14H,1-3H3;3-13H,1-2H3/q5*+1/i;1D3,3D3;2D3;1D3;. The minimum absolute atomic E-state index is 0.217. The highest BCUT2D eigenvalue weighted by atomic mass is 16.3. The summed E-state index contributed by atoms with van der Waals surface area (Å²) < 4.78 is 137. The SMILES string of the molecule is Cc1ccccc1-c1c2oc3c4ccc(C5CCCCC5)cc4ccc3c2cc[n+]1C.Cc1ccccc1-c1c2oc3c4cccnc4ccc3c2cc[n+]1C.[2H]C([2H])([2H])c1c[n+](C)c(-c2ccccc2C)c2oc3c4ccccc4ccc3c12.[2H]C([2H])([2H])c1ccc(-c2c3oc4c5ccccc5ccc4c3c(C([2H])([2H])[2H])c[n+]2C)c(C)c1.[2H]C([2H])([2H])c1ccc(-c2c3oc4c5ccccc5ccc4c3cc[n+]2C)c(C)c1. The van der Waals surface area contributed by atoms with Gasteiger partial charge in [0, 0.05) is 133 Å². The Morgan fingerprint density at radius 3 is 1.02 bits per heavy atom. The Bertz CT molecular complexity index is 9650. The fourth-order valence-corrected chi connectivity index (χ4v) is 20.9. The second kappa shape index (κ2) is 34.5. The van der Waals surface area contributed by atoms with E-state index in [-0.39, 0.29) is 11.1 Å². The van der Waals surface area contributed by atoms with Crippen molar-refractivity contribution in [3.63, 3.8) is 0 Å². The largest absolute Gasteiger partial charge is 0.448 e. The molecule has 11 heterocycles. The van der Waals surface area contributed by atoms with Crippen molar-refractivity contribution in [3.05, 3.63) is 384 Å². The summed E-state index contributed by atoms with van der Waals surface area (Å²) in [6.07, 6.45) is 18.2. The summed E-state index contributed by atoms with van der Waals surface area (Å²) in [5.41, 5.74) is 26.8. The van der Waals surface area contributed by atoms with Crippen LogP contribution in [0, 0.1) is 62.0 Å². The topological polar surface area (TPSA) is 98.0 Å². The third-order valence-corrected chi connectivity index (χ3v) is 27.6. The van der Waals surface area contributed by atoms with E-state index in [1.54, 1.807) is 54.3 Å². The molecule has 0 bridgehead atoms. The second-order valence-corrected chi connectivity index (χ2v) is 36.2. The van der Waals surface area contributed by atoms with Crippen LogP contribution in [-0.4, -0.2) is 4.98 Å². The first-order chi connectivity index (χ1) is 70.6. The van der Waals surface area contributed by atoms with Crippen LogP contribution < -0.4 is 22.8 Å². The first kappa shape index (κ1) is 72.0. The van der Waals surface area contributed by atoms with Crippen LogP contribution in [0.15, 0.2) is 350 Å². The molecule has 11 nitrogen and oxygen atoms in total. The zero-order chi connectivity index (χ0) is 102. The molecule has 0 unspecified atom stereocenters. The average Bonchev–Trinajstić information content (AvgIpc) is 1.58. The van der Waals surface area contributed by atoms with Crippen LogP contribution in [-0.2, 0) is 35.2 Å². The number of nitrogens with zero attached hydrogens (tertiary/aromatic N) is 6. The van der Waals surface area contributed by atoms with Crippen molar-refractivity contribution in [3.8, 4) is 56.3 Å². The van der Waals surface area contributed by atoms with Crippen LogP contribution in [0.4, 0.5) is 0 Å². The van der Waals surface area contributed by atoms with Gasteiger partial charge in [0.05, 0.1) is 33.3 Å². The number of aryl methyl sites for hydroxylation is 14. The van der Waals surface area contributed by atoms with Gasteiger partial charge in [-0.1, -0.05) is 225 Å². The molecule has 11 heteroatoms. The Hall–Kier alpha value is -15.7. The van der Waals surface area contributed by atoms with E-state index in [0.717, 1.165) is 177 Å². The fraction of sp³-hybridized carbons (Fsp3) is 0.161. The maximum absolute atomic E-state index is 8.16. The predicted molar refractivity (Wildman–Crippen MR) is 555 cm³/mol. The number of pyridine rings is 6. The lowest BCUT2D eigenvalue weighted by Gasteiger charge is -2.22. The van der Waals surface area contributed by atoms with Crippen LogP contribution >= 0.6 is 0 Å². The number of hydrogen-bond acceptors (Lipinski definition) is 6. The van der Waals surface area contributed by atoms with Crippen LogP contribution in [0.3, 0.4) is 0 Å². The van der Waals surface area contributed by atoms with E-state index in [1.807, 2.05) is 165 Å². The van der Waals surface area contributed by atoms with Crippen molar-refractivity contribution in [1.29, 1.82) is 0 Å². The Morgan fingerprint density at radius 1 is 0.259 bits per heavy atom. The van der Waals surface area contributed by atoms with E-state index in [9.17, 15) is 0 Å². The highest BCUT2D eigenvalue weighted by Crippen LogP contribution is 2.47. The first-order valence-corrected chi connectivity index (χ1v) is 46.2. The molecule has 135 heavy (non-hydrogen) atoms. The van der Waals surface area contributed by atoms with Gasteiger partial charge in [-0.2, -0.15) is 22.8 Å². The number of fused-ring (bicyclic) bond motifs is 25. The van der Waals surface area contributed by atoms with Gasteiger partial charge < -0.3 is 22.1 Å². The van der Waals surface area contributed by atoms with E-state index in [1.165, 1.54) is 81.5 Å². The van der Waals surface area contributed by atoms with Gasteiger partial charge in [-0.25, -0.2) is 0 Å². The summed E-state index contributed by atoms with van der Waals surface area (Å²) in [4.78, 5) is 4.45. The second-order valence-electron chi connectivity index (χ2n) is 36.2. The number of benzene rings is 14. The monoisotopic (exact) mass is 1770 g/mol. The van der Waals surface area contributed by atoms with Gasteiger partial charge >= 0.3 is 0 Å². The maximum Gasteiger partial charge on any atom is 0.256 e. The van der Waals surface area contributed by atoms with Crippen LogP contribution in [0.2, 0.25) is 0 Å². The normalized spacial score (nSPS) is 14.2. The molecule has 1 saturated carbocycles. The highest BCUT2D eigenvalue weighted by Gasteiger charge is 2.31. The van der Waals surface area contributed by atoms with Crippen LogP contribution in [0.5, 0.6) is 0 Å². The highest BCUT2D eigenvalue weighted by molar-refractivity contribution is 6.22. The average molecular weight is 1770 g/mol. The van der Waals surface area contributed by atoms with Crippen LogP contribution in [0.25, 0.3) is 220 Å². The molecule has 25 aromatic rings. The molecule has 0 radical (unpaired) electrons. The van der Waals surface area contributed by atoms with Crippen LogP contribution in [0.1, 0.15) is 110 Å². The fourth-order valence-electron chi connectivity index (χ4n) is 20.9. The summed E-state index contributed by atoms with van der Waals surface area (Å²) in [5.74, 6) is 0.719. The molecular weight excluding hydrogens is 1650 g/mol. The van der Waals surface area contributed by atoms with E-state index < -0.39 is 27.4 Å². The molecule has 0 atom stereocenters. The summed E-state index contributed by atoms with van der Waals surface area (Å²) in [7, 11) is 9.81. The molecule has 11 aromatic heterocycles. The number of hydrogen-bond donors (Lipinski definition) is 0. The van der Waals surface area contributed by atoms with Crippen molar-refractivity contribution in [1.82, 2.24) is 4.98 Å². The van der Waals surface area contributed by atoms with Crippen molar-refractivity contribution in [2.24, 2.45) is 35.2 Å².